The monoisotopic (exact) mass is 202 g/mol. The summed E-state index contributed by atoms with van der Waals surface area (Å²) >= 11 is 0. The first-order chi connectivity index (χ1) is 7.18. The Kier molecular flexibility index (Phi) is 2.13. The average Bonchev–Trinajstić information content (AvgIpc) is 2.20. The molecule has 0 saturated heterocycles. The van der Waals surface area contributed by atoms with Crippen molar-refractivity contribution in [2.45, 2.75) is 0 Å². The first-order valence-electron chi connectivity index (χ1n) is 4.35. The number of anilines is 2. The van der Waals surface area contributed by atoms with Crippen molar-refractivity contribution in [2.24, 2.45) is 0 Å². The highest BCUT2D eigenvalue weighted by molar-refractivity contribution is 5.77. The Balaban J connectivity index is 2.60. The Morgan fingerprint density at radius 2 is 1.80 bits per heavy atom. The average molecular weight is 202 g/mol. The minimum atomic E-state index is 0.117. The Morgan fingerprint density at radius 3 is 2.47 bits per heavy atom. The van der Waals surface area contributed by atoms with Gasteiger partial charge in [-0.05, 0) is 6.07 Å². The van der Waals surface area contributed by atoms with Gasteiger partial charge in [0.15, 0.2) is 0 Å². The molecule has 0 amide bonds. The second-order valence-corrected chi connectivity index (χ2v) is 3.04. The van der Waals surface area contributed by atoms with E-state index in [2.05, 4.69) is 9.97 Å². The minimum absolute atomic E-state index is 0.117. The van der Waals surface area contributed by atoms with E-state index in [0.717, 1.165) is 0 Å². The number of nitrogens with zero attached hydrogens (tertiary/aromatic N) is 2. The van der Waals surface area contributed by atoms with Gasteiger partial charge in [-0.2, -0.15) is 4.98 Å². The van der Waals surface area contributed by atoms with E-state index in [4.69, 9.17) is 11.5 Å². The summed E-state index contributed by atoms with van der Waals surface area (Å²) in [5, 5.41) is 9.62. The highest BCUT2D eigenvalue weighted by Crippen LogP contribution is 2.31. The second kappa shape index (κ2) is 3.45. The van der Waals surface area contributed by atoms with Crippen molar-refractivity contribution in [3.63, 3.8) is 0 Å². The topological polar surface area (TPSA) is 98.0 Å². The zero-order valence-corrected chi connectivity index (χ0v) is 7.88. The van der Waals surface area contributed by atoms with Gasteiger partial charge < -0.3 is 16.6 Å². The number of hydrogen-bond acceptors (Lipinski definition) is 5. The van der Waals surface area contributed by atoms with Crippen molar-refractivity contribution in [2.75, 3.05) is 11.5 Å². The van der Waals surface area contributed by atoms with Gasteiger partial charge in [-0.15, -0.1) is 0 Å². The number of phenols is 1. The van der Waals surface area contributed by atoms with E-state index in [1.165, 1.54) is 6.20 Å². The molecule has 5 nitrogen and oxygen atoms in total. The van der Waals surface area contributed by atoms with Crippen molar-refractivity contribution >= 4 is 11.8 Å². The van der Waals surface area contributed by atoms with Crippen molar-refractivity contribution in [3.8, 4) is 16.9 Å². The third-order valence-electron chi connectivity index (χ3n) is 2.03. The smallest absolute Gasteiger partial charge is 0.221 e. The fraction of sp³-hybridized carbons (Fsp3) is 0. The van der Waals surface area contributed by atoms with Crippen LogP contribution in [-0.2, 0) is 0 Å². The fourth-order valence-electron chi connectivity index (χ4n) is 1.32. The molecular formula is C10H10N4O. The summed E-state index contributed by atoms with van der Waals surface area (Å²) in [5.74, 6) is 0.508. The van der Waals surface area contributed by atoms with Crippen LogP contribution in [0.1, 0.15) is 0 Å². The molecule has 1 aromatic carbocycles. The van der Waals surface area contributed by atoms with Crippen molar-refractivity contribution in [1.29, 1.82) is 0 Å². The van der Waals surface area contributed by atoms with Crippen LogP contribution in [0.3, 0.4) is 0 Å². The summed E-state index contributed by atoms with van der Waals surface area (Å²) in [5.41, 5.74) is 12.2. The molecule has 2 rings (SSSR count). The minimum Gasteiger partial charge on any atom is -0.507 e. The van der Waals surface area contributed by atoms with Crippen LogP contribution < -0.4 is 11.5 Å². The van der Waals surface area contributed by atoms with E-state index in [1.54, 1.807) is 24.3 Å². The van der Waals surface area contributed by atoms with Gasteiger partial charge in [0.1, 0.15) is 11.6 Å². The van der Waals surface area contributed by atoms with Crippen LogP contribution in [0, 0.1) is 0 Å². The molecule has 76 valence electrons. The Morgan fingerprint density at radius 1 is 1.07 bits per heavy atom. The molecule has 0 aliphatic heterocycles. The molecule has 5 N–H and O–H groups in total. The largest absolute Gasteiger partial charge is 0.507 e. The lowest BCUT2D eigenvalue weighted by Gasteiger charge is -2.06. The van der Waals surface area contributed by atoms with E-state index in [9.17, 15) is 5.11 Å². The number of aromatic hydroxyl groups is 1. The van der Waals surface area contributed by atoms with E-state index in [1.807, 2.05) is 0 Å². The first kappa shape index (κ1) is 9.26. The van der Waals surface area contributed by atoms with Gasteiger partial charge in [0, 0.05) is 17.3 Å². The number of nitrogens with two attached hydrogens (primary N) is 2. The lowest BCUT2D eigenvalue weighted by molar-refractivity contribution is 0.477. The molecule has 0 spiro atoms. The van der Waals surface area contributed by atoms with Crippen LogP contribution in [0.2, 0.25) is 0 Å². The van der Waals surface area contributed by atoms with Crippen molar-refractivity contribution in [1.82, 2.24) is 9.97 Å². The first-order valence-corrected chi connectivity index (χ1v) is 4.35. The van der Waals surface area contributed by atoms with Crippen LogP contribution in [-0.4, -0.2) is 15.1 Å². The highest BCUT2D eigenvalue weighted by atomic mass is 16.3. The molecule has 2 aromatic rings. The Labute approximate surface area is 86.4 Å². The van der Waals surface area contributed by atoms with Gasteiger partial charge in [0.05, 0.1) is 0 Å². The number of benzene rings is 1. The molecule has 1 heterocycles. The normalized spacial score (nSPS) is 10.1. The predicted octanol–water partition coefficient (Wildman–Crippen LogP) is 1.01. The lowest BCUT2D eigenvalue weighted by atomic mass is 10.1. The van der Waals surface area contributed by atoms with Gasteiger partial charge in [0.2, 0.25) is 5.95 Å². The summed E-state index contributed by atoms with van der Waals surface area (Å²) in [7, 11) is 0. The van der Waals surface area contributed by atoms with Gasteiger partial charge in [-0.1, -0.05) is 18.2 Å². The number of rotatable bonds is 1. The molecule has 0 aliphatic carbocycles. The van der Waals surface area contributed by atoms with E-state index < -0.39 is 0 Å². The molecule has 5 heteroatoms. The van der Waals surface area contributed by atoms with Gasteiger partial charge in [-0.3, -0.25) is 0 Å². The van der Waals surface area contributed by atoms with E-state index in [-0.39, 0.29) is 17.5 Å². The quantitative estimate of drug-likeness (QED) is 0.641. The molecule has 0 bridgehead atoms. The molecule has 0 atom stereocenters. The molecule has 0 saturated carbocycles. The second-order valence-electron chi connectivity index (χ2n) is 3.04. The maximum Gasteiger partial charge on any atom is 0.221 e. The zero-order chi connectivity index (χ0) is 10.8. The molecule has 0 fully saturated rings. The Hall–Kier alpha value is -2.30. The standard InChI is InChI=1S/C10H10N4O/c11-9-7(5-13-10(12)14-9)6-3-1-2-4-8(6)15/h1-5,15H,(H4,11,12,13,14). The molecule has 15 heavy (non-hydrogen) atoms. The molecule has 0 aliphatic rings. The summed E-state index contributed by atoms with van der Waals surface area (Å²) < 4.78 is 0. The Bertz CT molecular complexity index is 499. The van der Waals surface area contributed by atoms with Gasteiger partial charge >= 0.3 is 0 Å². The summed E-state index contributed by atoms with van der Waals surface area (Å²) in [4.78, 5) is 7.66. The molecule has 0 unspecified atom stereocenters. The number of nitrogen functional groups attached to an aromatic ring is 2. The van der Waals surface area contributed by atoms with Crippen LogP contribution in [0.25, 0.3) is 11.1 Å². The van der Waals surface area contributed by atoms with E-state index >= 15 is 0 Å². The number of para-hydroxylation sites is 1. The summed E-state index contributed by atoms with van der Waals surface area (Å²) in [6.45, 7) is 0. The molecule has 0 radical (unpaired) electrons. The van der Waals surface area contributed by atoms with Crippen LogP contribution in [0.4, 0.5) is 11.8 Å². The molecule has 1 aromatic heterocycles. The molecular weight excluding hydrogens is 192 g/mol. The van der Waals surface area contributed by atoms with Crippen molar-refractivity contribution < 1.29 is 5.11 Å². The van der Waals surface area contributed by atoms with Crippen LogP contribution in [0.5, 0.6) is 5.75 Å². The lowest BCUT2D eigenvalue weighted by Crippen LogP contribution is -2.00. The highest BCUT2D eigenvalue weighted by Gasteiger charge is 2.08. The maximum atomic E-state index is 9.62. The number of phenolic OH excluding ortho intramolecular Hbond substituents is 1. The van der Waals surface area contributed by atoms with E-state index in [0.29, 0.717) is 11.1 Å². The summed E-state index contributed by atoms with van der Waals surface area (Å²) in [6, 6.07) is 6.84. The zero-order valence-electron chi connectivity index (χ0n) is 7.88. The van der Waals surface area contributed by atoms with Gasteiger partial charge in [-0.25, -0.2) is 4.98 Å². The van der Waals surface area contributed by atoms with Crippen LogP contribution in [0.15, 0.2) is 30.5 Å². The third-order valence-corrected chi connectivity index (χ3v) is 2.03. The predicted molar refractivity (Wildman–Crippen MR) is 58.0 cm³/mol. The van der Waals surface area contributed by atoms with Crippen LogP contribution >= 0.6 is 0 Å². The fourth-order valence-corrected chi connectivity index (χ4v) is 1.32. The number of aromatic nitrogens is 2. The number of hydrogen-bond donors (Lipinski definition) is 3. The SMILES string of the molecule is Nc1ncc(-c2ccccc2O)c(N)n1. The van der Waals surface area contributed by atoms with Crippen molar-refractivity contribution in [3.05, 3.63) is 30.5 Å². The van der Waals surface area contributed by atoms with Gasteiger partial charge in [0.25, 0.3) is 0 Å². The third kappa shape index (κ3) is 1.67. The summed E-state index contributed by atoms with van der Waals surface area (Å²) in [6.07, 6.45) is 1.49. The maximum absolute atomic E-state index is 9.62.